The lowest BCUT2D eigenvalue weighted by Crippen LogP contribution is -2.21. The average molecular weight is 290 g/mol. The monoisotopic (exact) mass is 290 g/mol. The highest BCUT2D eigenvalue weighted by molar-refractivity contribution is 7.13. The molecule has 20 heavy (non-hydrogen) atoms. The van der Waals surface area contributed by atoms with Crippen LogP contribution >= 0.6 is 11.3 Å². The molecule has 1 N–H and O–H groups in total. The maximum Gasteiger partial charge on any atom is 0.185 e. The maximum atomic E-state index is 4.70. The van der Waals surface area contributed by atoms with Gasteiger partial charge in [0.25, 0.3) is 0 Å². The molecule has 4 nitrogen and oxygen atoms in total. The standard InChI is InChI=1S/C15H22N4S/c1-4-16-12(2)14-11-20-15(18-14)19(3)10-8-13-7-5-6-9-17-13/h5-7,9,11-12,16H,4,8,10H2,1-3H3. The molecule has 2 aromatic rings. The molecule has 2 aromatic heterocycles. The van der Waals surface area contributed by atoms with Crippen LogP contribution in [-0.2, 0) is 6.42 Å². The van der Waals surface area contributed by atoms with Crippen LogP contribution in [0.15, 0.2) is 29.8 Å². The number of thiazole rings is 1. The van der Waals surface area contributed by atoms with E-state index >= 15 is 0 Å². The third-order valence-electron chi connectivity index (χ3n) is 3.22. The Balaban J connectivity index is 1.91. The zero-order chi connectivity index (χ0) is 14.4. The van der Waals surface area contributed by atoms with Crippen molar-refractivity contribution in [2.24, 2.45) is 0 Å². The Bertz CT molecular complexity index is 512. The molecule has 1 atom stereocenters. The van der Waals surface area contributed by atoms with E-state index in [4.69, 9.17) is 4.98 Å². The second kappa shape index (κ2) is 7.36. The molecule has 0 fully saturated rings. The van der Waals surface area contributed by atoms with E-state index in [0.717, 1.165) is 36.0 Å². The van der Waals surface area contributed by atoms with Crippen molar-refractivity contribution in [1.82, 2.24) is 15.3 Å². The summed E-state index contributed by atoms with van der Waals surface area (Å²) < 4.78 is 0. The van der Waals surface area contributed by atoms with Crippen molar-refractivity contribution >= 4 is 16.5 Å². The Labute approximate surface area is 124 Å². The second-order valence-electron chi connectivity index (χ2n) is 4.83. The largest absolute Gasteiger partial charge is 0.351 e. The summed E-state index contributed by atoms with van der Waals surface area (Å²) in [5.41, 5.74) is 2.24. The zero-order valence-electron chi connectivity index (χ0n) is 12.3. The van der Waals surface area contributed by atoms with Crippen molar-refractivity contribution < 1.29 is 0 Å². The summed E-state index contributed by atoms with van der Waals surface area (Å²) in [5, 5.41) is 6.60. The van der Waals surface area contributed by atoms with Crippen LogP contribution in [0.25, 0.3) is 0 Å². The molecular weight excluding hydrogens is 268 g/mol. The van der Waals surface area contributed by atoms with E-state index in [9.17, 15) is 0 Å². The van der Waals surface area contributed by atoms with Crippen LogP contribution in [0.5, 0.6) is 0 Å². The Morgan fingerprint density at radius 3 is 2.95 bits per heavy atom. The summed E-state index contributed by atoms with van der Waals surface area (Å²) >= 11 is 1.70. The second-order valence-corrected chi connectivity index (χ2v) is 5.66. The van der Waals surface area contributed by atoms with Gasteiger partial charge in [-0.05, 0) is 25.6 Å². The van der Waals surface area contributed by atoms with Crippen molar-refractivity contribution in [2.75, 3.05) is 25.0 Å². The average Bonchev–Trinajstić information content (AvgIpc) is 2.96. The lowest BCUT2D eigenvalue weighted by molar-refractivity contribution is 0.586. The Morgan fingerprint density at radius 1 is 1.40 bits per heavy atom. The fraction of sp³-hybridized carbons (Fsp3) is 0.467. The van der Waals surface area contributed by atoms with Gasteiger partial charge < -0.3 is 10.2 Å². The van der Waals surface area contributed by atoms with Gasteiger partial charge in [0, 0.05) is 43.3 Å². The van der Waals surface area contributed by atoms with Crippen LogP contribution < -0.4 is 10.2 Å². The summed E-state index contributed by atoms with van der Waals surface area (Å²) in [5.74, 6) is 0. The molecule has 2 heterocycles. The molecular formula is C15H22N4S. The zero-order valence-corrected chi connectivity index (χ0v) is 13.2. The summed E-state index contributed by atoms with van der Waals surface area (Å²) in [6, 6.07) is 6.35. The molecule has 108 valence electrons. The summed E-state index contributed by atoms with van der Waals surface area (Å²) in [7, 11) is 2.09. The normalized spacial score (nSPS) is 12.3. The van der Waals surface area contributed by atoms with Gasteiger partial charge in [-0.1, -0.05) is 13.0 Å². The molecule has 0 saturated carbocycles. The molecule has 0 aliphatic rings. The number of pyridine rings is 1. The van der Waals surface area contributed by atoms with E-state index in [-0.39, 0.29) is 0 Å². The highest BCUT2D eigenvalue weighted by atomic mass is 32.1. The van der Waals surface area contributed by atoms with Crippen molar-refractivity contribution in [1.29, 1.82) is 0 Å². The predicted octanol–water partition coefficient (Wildman–Crippen LogP) is 2.89. The van der Waals surface area contributed by atoms with Crippen LogP contribution in [-0.4, -0.2) is 30.1 Å². The quantitative estimate of drug-likeness (QED) is 0.851. The Hall–Kier alpha value is -1.46. The van der Waals surface area contributed by atoms with Crippen LogP contribution in [0.4, 0.5) is 5.13 Å². The first kappa shape index (κ1) is 14.9. The van der Waals surface area contributed by atoms with E-state index < -0.39 is 0 Å². The van der Waals surface area contributed by atoms with Gasteiger partial charge in [0.05, 0.1) is 5.69 Å². The predicted molar refractivity (Wildman–Crippen MR) is 85.4 cm³/mol. The molecule has 0 aliphatic heterocycles. The lowest BCUT2D eigenvalue weighted by Gasteiger charge is -2.15. The topological polar surface area (TPSA) is 41.0 Å². The minimum atomic E-state index is 0.314. The van der Waals surface area contributed by atoms with Crippen molar-refractivity contribution in [3.05, 3.63) is 41.2 Å². The number of nitrogens with zero attached hydrogens (tertiary/aromatic N) is 3. The third kappa shape index (κ3) is 4.02. The molecule has 0 aromatic carbocycles. The lowest BCUT2D eigenvalue weighted by atomic mass is 10.2. The third-order valence-corrected chi connectivity index (χ3v) is 4.19. The summed E-state index contributed by atoms with van der Waals surface area (Å²) in [4.78, 5) is 11.2. The van der Waals surface area contributed by atoms with E-state index in [1.165, 1.54) is 0 Å². The van der Waals surface area contributed by atoms with Gasteiger partial charge in [-0.2, -0.15) is 0 Å². The van der Waals surface area contributed by atoms with Gasteiger partial charge in [-0.25, -0.2) is 4.98 Å². The maximum absolute atomic E-state index is 4.70. The van der Waals surface area contributed by atoms with Crippen molar-refractivity contribution in [2.45, 2.75) is 26.3 Å². The fourth-order valence-electron chi connectivity index (χ4n) is 1.99. The van der Waals surface area contributed by atoms with Crippen LogP contribution in [0.1, 0.15) is 31.3 Å². The number of hydrogen-bond donors (Lipinski definition) is 1. The highest BCUT2D eigenvalue weighted by Gasteiger charge is 2.11. The number of nitrogens with one attached hydrogen (secondary N) is 1. The van der Waals surface area contributed by atoms with E-state index in [1.807, 2.05) is 18.3 Å². The minimum absolute atomic E-state index is 0.314. The molecule has 5 heteroatoms. The van der Waals surface area contributed by atoms with E-state index in [1.54, 1.807) is 11.3 Å². The Morgan fingerprint density at radius 2 is 2.25 bits per heavy atom. The summed E-state index contributed by atoms with van der Waals surface area (Å²) in [6.45, 7) is 6.15. The minimum Gasteiger partial charge on any atom is -0.351 e. The SMILES string of the molecule is CCNC(C)c1csc(N(C)CCc2ccccn2)n1. The molecule has 0 radical (unpaired) electrons. The number of likely N-dealkylation sites (N-methyl/N-ethyl adjacent to an activating group) is 1. The van der Waals surface area contributed by atoms with Crippen molar-refractivity contribution in [3.8, 4) is 0 Å². The van der Waals surface area contributed by atoms with Gasteiger partial charge in [-0.15, -0.1) is 11.3 Å². The van der Waals surface area contributed by atoms with Gasteiger partial charge in [0.1, 0.15) is 0 Å². The molecule has 2 rings (SSSR count). The first-order valence-corrected chi connectivity index (χ1v) is 7.88. The number of aromatic nitrogens is 2. The van der Waals surface area contributed by atoms with Crippen LogP contribution in [0, 0.1) is 0 Å². The van der Waals surface area contributed by atoms with Gasteiger partial charge >= 0.3 is 0 Å². The van der Waals surface area contributed by atoms with Gasteiger partial charge in [-0.3, -0.25) is 4.98 Å². The number of rotatable bonds is 7. The van der Waals surface area contributed by atoms with Gasteiger partial charge in [0.15, 0.2) is 5.13 Å². The number of hydrogen-bond acceptors (Lipinski definition) is 5. The van der Waals surface area contributed by atoms with E-state index in [2.05, 4.69) is 47.5 Å². The fourth-order valence-corrected chi connectivity index (χ4v) is 2.90. The molecule has 0 aliphatic carbocycles. The Kier molecular flexibility index (Phi) is 5.49. The van der Waals surface area contributed by atoms with Crippen molar-refractivity contribution in [3.63, 3.8) is 0 Å². The molecule has 0 saturated heterocycles. The first-order valence-electron chi connectivity index (χ1n) is 7.00. The highest BCUT2D eigenvalue weighted by Crippen LogP contribution is 2.23. The molecule has 1 unspecified atom stereocenters. The molecule has 0 bridgehead atoms. The van der Waals surface area contributed by atoms with Crippen LogP contribution in [0.2, 0.25) is 0 Å². The molecule has 0 amide bonds. The molecule has 0 spiro atoms. The van der Waals surface area contributed by atoms with Crippen LogP contribution in [0.3, 0.4) is 0 Å². The smallest absolute Gasteiger partial charge is 0.185 e. The van der Waals surface area contributed by atoms with Gasteiger partial charge in [0.2, 0.25) is 0 Å². The van der Waals surface area contributed by atoms with E-state index in [0.29, 0.717) is 6.04 Å². The summed E-state index contributed by atoms with van der Waals surface area (Å²) in [6.07, 6.45) is 2.78. The first-order chi connectivity index (χ1) is 9.70. The number of anilines is 1.